The molecule has 2 aromatic rings. The molecule has 1 aromatic heterocycles. The third-order valence-corrected chi connectivity index (χ3v) is 3.55. The van der Waals surface area contributed by atoms with Gasteiger partial charge in [0, 0.05) is 23.9 Å². The van der Waals surface area contributed by atoms with E-state index in [9.17, 15) is 8.78 Å². The van der Waals surface area contributed by atoms with E-state index in [1.807, 2.05) is 0 Å². The lowest BCUT2D eigenvalue weighted by molar-refractivity contribution is 0.158. The normalized spacial score (nSPS) is 14.2. The van der Waals surface area contributed by atoms with Gasteiger partial charge in [-0.15, -0.1) is 0 Å². The molecule has 3 rings (SSSR count). The van der Waals surface area contributed by atoms with Crippen LogP contribution in [-0.2, 0) is 11.4 Å². The topological polar surface area (TPSA) is 39.4 Å². The molecule has 1 aromatic carbocycles. The number of hydrogen-bond acceptors (Lipinski definition) is 3. The Kier molecular flexibility index (Phi) is 4.90. The van der Waals surface area contributed by atoms with Gasteiger partial charge in [-0.1, -0.05) is 17.0 Å². The second-order valence-electron chi connectivity index (χ2n) is 5.55. The first kappa shape index (κ1) is 16.2. The zero-order valence-electron chi connectivity index (χ0n) is 13.3. The molecule has 0 aliphatic heterocycles. The van der Waals surface area contributed by atoms with Crippen LogP contribution < -0.4 is 0 Å². The minimum atomic E-state index is -0.687. The molecule has 0 atom stereocenters. The van der Waals surface area contributed by atoms with Crippen molar-refractivity contribution in [3.8, 4) is 11.8 Å². The summed E-state index contributed by atoms with van der Waals surface area (Å²) in [5.41, 5.74) is 0.544. The van der Waals surface area contributed by atoms with Crippen LogP contribution in [-0.4, -0.2) is 21.9 Å². The van der Waals surface area contributed by atoms with Gasteiger partial charge in [0.05, 0.1) is 18.4 Å². The predicted molar refractivity (Wildman–Crippen MR) is 86.4 cm³/mol. The molecule has 0 N–H and O–H groups in total. The molecule has 0 bridgehead atoms. The molecule has 0 radical (unpaired) electrons. The van der Waals surface area contributed by atoms with Crippen LogP contribution >= 0.6 is 0 Å². The fourth-order valence-corrected chi connectivity index (χ4v) is 2.13. The summed E-state index contributed by atoms with van der Waals surface area (Å²) in [4.78, 5) is 9.02. The molecule has 1 saturated carbocycles. The Morgan fingerprint density at radius 1 is 1.38 bits per heavy atom. The van der Waals surface area contributed by atoms with Gasteiger partial charge in [-0.05, 0) is 31.9 Å². The number of imidazole rings is 1. The highest BCUT2D eigenvalue weighted by atomic mass is 19.1. The first-order chi connectivity index (χ1) is 11.7. The van der Waals surface area contributed by atoms with Crippen molar-refractivity contribution in [1.82, 2.24) is 9.55 Å². The summed E-state index contributed by atoms with van der Waals surface area (Å²) in [7, 11) is 0. The van der Waals surface area contributed by atoms with E-state index < -0.39 is 11.6 Å². The van der Waals surface area contributed by atoms with Gasteiger partial charge < -0.3 is 9.40 Å². The van der Waals surface area contributed by atoms with Crippen LogP contribution in [0, 0.1) is 29.4 Å². The summed E-state index contributed by atoms with van der Waals surface area (Å²) in [6.45, 7) is 2.45. The van der Waals surface area contributed by atoms with E-state index in [1.165, 1.54) is 12.1 Å². The maximum Gasteiger partial charge on any atom is 0.142 e. The van der Waals surface area contributed by atoms with E-state index in [0.717, 1.165) is 12.8 Å². The van der Waals surface area contributed by atoms with Crippen molar-refractivity contribution >= 4 is 5.71 Å². The van der Waals surface area contributed by atoms with Crippen molar-refractivity contribution < 1.29 is 13.6 Å². The van der Waals surface area contributed by atoms with Gasteiger partial charge in [0.1, 0.15) is 24.0 Å². The lowest BCUT2D eigenvalue weighted by Crippen LogP contribution is -2.12. The highest BCUT2D eigenvalue weighted by Crippen LogP contribution is 2.28. The SMILES string of the molecule is CCON=C(Cn1ccnc1)c1cc(F)c(C#CC2CC2)c(F)c1. The molecule has 0 spiro atoms. The number of hydrogen-bond donors (Lipinski definition) is 0. The molecule has 1 heterocycles. The molecule has 0 unspecified atom stereocenters. The van der Waals surface area contributed by atoms with Crippen molar-refractivity contribution in [3.05, 3.63) is 53.6 Å². The monoisotopic (exact) mass is 329 g/mol. The quantitative estimate of drug-likeness (QED) is 0.479. The van der Waals surface area contributed by atoms with Crippen molar-refractivity contribution in [2.75, 3.05) is 6.61 Å². The summed E-state index contributed by atoms with van der Waals surface area (Å²) in [5.74, 6) is 4.39. The van der Waals surface area contributed by atoms with E-state index in [2.05, 4.69) is 22.0 Å². The van der Waals surface area contributed by atoms with Crippen molar-refractivity contribution in [3.63, 3.8) is 0 Å². The molecule has 0 amide bonds. The average molecular weight is 329 g/mol. The summed E-state index contributed by atoms with van der Waals surface area (Å²) in [6, 6.07) is 2.49. The van der Waals surface area contributed by atoms with E-state index in [4.69, 9.17) is 4.84 Å². The lowest BCUT2D eigenvalue weighted by Gasteiger charge is -2.09. The summed E-state index contributed by atoms with van der Waals surface area (Å²) in [6.07, 6.45) is 6.97. The number of rotatable bonds is 5. The van der Waals surface area contributed by atoms with E-state index in [-0.39, 0.29) is 11.5 Å². The maximum atomic E-state index is 14.3. The van der Waals surface area contributed by atoms with Gasteiger partial charge in [-0.2, -0.15) is 0 Å². The van der Waals surface area contributed by atoms with E-state index in [1.54, 1.807) is 30.2 Å². The molecule has 1 aliphatic carbocycles. The molecule has 24 heavy (non-hydrogen) atoms. The largest absolute Gasteiger partial charge is 0.396 e. The van der Waals surface area contributed by atoms with Crippen molar-refractivity contribution in [1.29, 1.82) is 0 Å². The zero-order chi connectivity index (χ0) is 16.9. The minimum Gasteiger partial charge on any atom is -0.396 e. The second-order valence-corrected chi connectivity index (χ2v) is 5.55. The molecule has 1 fully saturated rings. The first-order valence-corrected chi connectivity index (χ1v) is 7.83. The Balaban J connectivity index is 1.91. The van der Waals surface area contributed by atoms with Crippen LogP contribution in [0.25, 0.3) is 0 Å². The van der Waals surface area contributed by atoms with Crippen LogP contribution in [0.5, 0.6) is 0 Å². The number of benzene rings is 1. The average Bonchev–Trinajstić information content (AvgIpc) is 3.24. The van der Waals surface area contributed by atoms with Crippen LogP contribution in [0.2, 0.25) is 0 Å². The number of halogens is 2. The van der Waals surface area contributed by atoms with E-state index in [0.29, 0.717) is 24.4 Å². The Morgan fingerprint density at radius 3 is 2.71 bits per heavy atom. The molecule has 1 aliphatic rings. The highest BCUT2D eigenvalue weighted by molar-refractivity contribution is 6.00. The first-order valence-electron chi connectivity index (χ1n) is 7.83. The minimum absolute atomic E-state index is 0.191. The molecular weight excluding hydrogens is 312 g/mol. The van der Waals surface area contributed by atoms with Gasteiger partial charge >= 0.3 is 0 Å². The molecule has 124 valence electrons. The molecule has 0 saturated heterocycles. The van der Waals surface area contributed by atoms with Gasteiger partial charge in [0.2, 0.25) is 0 Å². The smallest absolute Gasteiger partial charge is 0.142 e. The molecule has 6 heteroatoms. The number of nitrogens with zero attached hydrogens (tertiary/aromatic N) is 3. The van der Waals surface area contributed by atoms with Crippen molar-refractivity contribution in [2.45, 2.75) is 26.3 Å². The van der Waals surface area contributed by atoms with Crippen LogP contribution in [0.4, 0.5) is 8.78 Å². The summed E-state index contributed by atoms with van der Waals surface area (Å²) >= 11 is 0. The Bertz CT molecular complexity index is 776. The standard InChI is InChI=1S/C18H17F2N3O/c1-2-24-22-18(11-23-8-7-21-12-23)14-9-16(19)15(17(20)10-14)6-5-13-3-4-13/h7-10,12-13H,2-4,11H2,1H3. The van der Waals surface area contributed by atoms with Gasteiger partial charge in [0.25, 0.3) is 0 Å². The third kappa shape index (κ3) is 3.99. The second kappa shape index (κ2) is 7.26. The van der Waals surface area contributed by atoms with Crippen LogP contribution in [0.1, 0.15) is 30.9 Å². The number of oxime groups is 1. The van der Waals surface area contributed by atoms with Crippen molar-refractivity contribution in [2.24, 2.45) is 11.1 Å². The highest BCUT2D eigenvalue weighted by Gasteiger charge is 2.19. The van der Waals surface area contributed by atoms with Gasteiger partial charge in [-0.25, -0.2) is 13.8 Å². The molecular formula is C18H17F2N3O. The van der Waals surface area contributed by atoms with Crippen LogP contribution in [0.3, 0.4) is 0 Å². The molecule has 4 nitrogen and oxygen atoms in total. The zero-order valence-corrected chi connectivity index (χ0v) is 13.3. The fourth-order valence-electron chi connectivity index (χ4n) is 2.13. The lowest BCUT2D eigenvalue weighted by atomic mass is 10.1. The fraction of sp³-hybridized carbons (Fsp3) is 0.333. The van der Waals surface area contributed by atoms with Gasteiger partial charge in [-0.3, -0.25) is 0 Å². The third-order valence-electron chi connectivity index (χ3n) is 3.55. The Labute approximate surface area is 139 Å². The van der Waals surface area contributed by atoms with Gasteiger partial charge in [0.15, 0.2) is 0 Å². The predicted octanol–water partition coefficient (Wildman–Crippen LogP) is 3.36. The Hall–Kier alpha value is -2.68. The number of aromatic nitrogens is 2. The Morgan fingerprint density at radius 2 is 2.12 bits per heavy atom. The van der Waals surface area contributed by atoms with Crippen LogP contribution in [0.15, 0.2) is 36.0 Å². The summed E-state index contributed by atoms with van der Waals surface area (Å²) in [5, 5.41) is 3.98. The van der Waals surface area contributed by atoms with E-state index >= 15 is 0 Å². The summed E-state index contributed by atoms with van der Waals surface area (Å²) < 4.78 is 30.3. The maximum absolute atomic E-state index is 14.3.